The number of hydrogen-bond acceptors (Lipinski definition) is 2. The highest BCUT2D eigenvalue weighted by molar-refractivity contribution is 5.85. The maximum absolute atomic E-state index is 12.7. The maximum Gasteiger partial charge on any atom is 0.257 e. The summed E-state index contributed by atoms with van der Waals surface area (Å²) in [4.78, 5) is 0. The molecule has 1 atom stereocenters. The molecule has 2 nitrogen and oxygen atoms in total. The first-order valence-electron chi connectivity index (χ1n) is 4.52. The topological polar surface area (TPSA) is 21.3 Å². The van der Waals surface area contributed by atoms with Crippen LogP contribution in [0, 0.1) is 0 Å². The molecule has 2 rings (SSSR count). The molecule has 0 saturated heterocycles. The van der Waals surface area contributed by atoms with E-state index in [2.05, 4.69) is 5.32 Å². The zero-order valence-corrected chi connectivity index (χ0v) is 8.77. The average Bonchev–Trinajstić information content (AvgIpc) is 2.39. The van der Waals surface area contributed by atoms with Gasteiger partial charge in [-0.3, -0.25) is 0 Å². The van der Waals surface area contributed by atoms with E-state index >= 15 is 0 Å². The van der Waals surface area contributed by atoms with Gasteiger partial charge in [0.1, 0.15) is 12.4 Å². The van der Waals surface area contributed by atoms with Crippen LogP contribution in [0.5, 0.6) is 5.75 Å². The smallest absolute Gasteiger partial charge is 0.257 e. The molecular formula is C10H12ClF2NO. The van der Waals surface area contributed by atoms with Gasteiger partial charge < -0.3 is 10.1 Å². The summed E-state index contributed by atoms with van der Waals surface area (Å²) < 4.78 is 30.7. The molecule has 1 N–H and O–H groups in total. The van der Waals surface area contributed by atoms with Crippen molar-refractivity contribution >= 4 is 12.4 Å². The van der Waals surface area contributed by atoms with Crippen molar-refractivity contribution in [1.29, 1.82) is 0 Å². The molecule has 1 aromatic rings. The fraction of sp³-hybridized carbons (Fsp3) is 0.400. The lowest BCUT2D eigenvalue weighted by molar-refractivity contribution is 0.0998. The van der Waals surface area contributed by atoms with Crippen molar-refractivity contribution in [2.45, 2.75) is 12.5 Å². The molecule has 5 heteroatoms. The van der Waals surface area contributed by atoms with Crippen LogP contribution in [0.2, 0.25) is 0 Å². The molecule has 84 valence electrons. The zero-order valence-electron chi connectivity index (χ0n) is 7.95. The number of halogens is 3. The molecule has 0 fully saturated rings. The van der Waals surface area contributed by atoms with Crippen molar-refractivity contribution in [1.82, 2.24) is 5.32 Å². The van der Waals surface area contributed by atoms with Crippen LogP contribution in [0.1, 0.15) is 11.6 Å². The van der Waals surface area contributed by atoms with Gasteiger partial charge in [0, 0.05) is 12.1 Å². The Bertz CT molecular complexity index is 322. The second-order valence-electron chi connectivity index (χ2n) is 3.15. The Kier molecular flexibility index (Phi) is 4.29. The summed E-state index contributed by atoms with van der Waals surface area (Å²) in [5.41, 5.74) is 0.542. The lowest BCUT2D eigenvalue weighted by Gasteiger charge is -2.15. The highest BCUT2D eigenvalue weighted by Gasteiger charge is 2.26. The van der Waals surface area contributed by atoms with Crippen molar-refractivity contribution in [3.8, 4) is 5.75 Å². The Morgan fingerprint density at radius 2 is 2.07 bits per heavy atom. The first kappa shape index (κ1) is 12.2. The van der Waals surface area contributed by atoms with Crippen LogP contribution < -0.4 is 10.1 Å². The van der Waals surface area contributed by atoms with Gasteiger partial charge >= 0.3 is 0 Å². The van der Waals surface area contributed by atoms with Gasteiger partial charge in [0.05, 0.1) is 6.04 Å². The Labute approximate surface area is 93.0 Å². The number of nitrogens with one attached hydrogen (secondary N) is 1. The van der Waals surface area contributed by atoms with E-state index in [0.717, 1.165) is 0 Å². The third kappa shape index (κ3) is 2.58. The number of para-hydroxylation sites is 1. The quantitative estimate of drug-likeness (QED) is 0.807. The van der Waals surface area contributed by atoms with Gasteiger partial charge in [-0.05, 0) is 6.07 Å². The van der Waals surface area contributed by atoms with E-state index in [0.29, 0.717) is 24.5 Å². The summed E-state index contributed by atoms with van der Waals surface area (Å²) in [5.74, 6) is 0.558. The number of alkyl halides is 2. The summed E-state index contributed by atoms with van der Waals surface area (Å²) in [7, 11) is 0. The van der Waals surface area contributed by atoms with Gasteiger partial charge in [-0.25, -0.2) is 8.78 Å². The van der Waals surface area contributed by atoms with Gasteiger partial charge in [-0.2, -0.15) is 0 Å². The molecule has 1 aliphatic heterocycles. The highest BCUT2D eigenvalue weighted by atomic mass is 35.5. The first-order chi connectivity index (χ1) is 6.79. The number of rotatable bonds is 1. The lowest BCUT2D eigenvalue weighted by Crippen LogP contribution is -2.28. The largest absolute Gasteiger partial charge is 0.492 e. The Morgan fingerprint density at radius 3 is 2.80 bits per heavy atom. The summed E-state index contributed by atoms with van der Waals surface area (Å²) >= 11 is 0. The van der Waals surface area contributed by atoms with Crippen molar-refractivity contribution < 1.29 is 13.5 Å². The van der Waals surface area contributed by atoms with Crippen LogP contribution in [-0.4, -0.2) is 19.6 Å². The number of benzene rings is 1. The lowest BCUT2D eigenvalue weighted by atomic mass is 10.1. The highest BCUT2D eigenvalue weighted by Crippen LogP contribution is 2.30. The minimum atomic E-state index is -2.40. The average molecular weight is 236 g/mol. The third-order valence-electron chi connectivity index (χ3n) is 2.23. The van der Waals surface area contributed by atoms with E-state index in [1.165, 1.54) is 0 Å². The molecule has 1 aromatic carbocycles. The predicted octanol–water partition coefficient (Wildman–Crippen LogP) is 2.40. The van der Waals surface area contributed by atoms with E-state index in [9.17, 15) is 8.78 Å². The van der Waals surface area contributed by atoms with Crippen LogP contribution in [0.15, 0.2) is 24.3 Å². The van der Waals surface area contributed by atoms with Crippen LogP contribution in [0.3, 0.4) is 0 Å². The number of fused-ring (bicyclic) bond motifs is 1. The molecule has 0 spiro atoms. The van der Waals surface area contributed by atoms with Crippen LogP contribution >= 0.6 is 12.4 Å². The van der Waals surface area contributed by atoms with Gasteiger partial charge in [-0.1, -0.05) is 18.2 Å². The molecule has 0 radical (unpaired) electrons. The third-order valence-corrected chi connectivity index (χ3v) is 2.23. The molecule has 1 aliphatic rings. The minimum absolute atomic E-state index is 0. The molecule has 0 saturated carbocycles. The SMILES string of the molecule is Cl.FC(F)C1NCCOc2ccccc21. The van der Waals surface area contributed by atoms with Gasteiger partial charge in [0.15, 0.2) is 0 Å². The first-order valence-corrected chi connectivity index (χ1v) is 4.52. The molecule has 15 heavy (non-hydrogen) atoms. The molecule has 0 aromatic heterocycles. The van der Waals surface area contributed by atoms with E-state index in [-0.39, 0.29) is 12.4 Å². The predicted molar refractivity (Wildman–Crippen MR) is 55.9 cm³/mol. The van der Waals surface area contributed by atoms with Gasteiger partial charge in [-0.15, -0.1) is 12.4 Å². The summed E-state index contributed by atoms with van der Waals surface area (Å²) in [6.45, 7) is 0.879. The summed E-state index contributed by atoms with van der Waals surface area (Å²) in [6, 6.07) is 6.01. The van der Waals surface area contributed by atoms with Gasteiger partial charge in [0.2, 0.25) is 0 Å². The summed E-state index contributed by atoms with van der Waals surface area (Å²) in [6.07, 6.45) is -2.40. The minimum Gasteiger partial charge on any atom is -0.492 e. The van der Waals surface area contributed by atoms with Crippen LogP contribution in [0.25, 0.3) is 0 Å². The fourth-order valence-corrected chi connectivity index (χ4v) is 1.58. The van der Waals surface area contributed by atoms with Crippen molar-refractivity contribution in [2.75, 3.05) is 13.2 Å². The fourth-order valence-electron chi connectivity index (χ4n) is 1.58. The second-order valence-corrected chi connectivity index (χ2v) is 3.15. The van der Waals surface area contributed by atoms with E-state index < -0.39 is 12.5 Å². The van der Waals surface area contributed by atoms with E-state index in [1.807, 2.05) is 0 Å². The van der Waals surface area contributed by atoms with Crippen LogP contribution in [0.4, 0.5) is 8.78 Å². The molecule has 1 unspecified atom stereocenters. The Morgan fingerprint density at radius 1 is 1.33 bits per heavy atom. The van der Waals surface area contributed by atoms with Gasteiger partial charge in [0.25, 0.3) is 6.43 Å². The van der Waals surface area contributed by atoms with E-state index in [1.54, 1.807) is 24.3 Å². The Hall–Kier alpha value is -0.870. The van der Waals surface area contributed by atoms with E-state index in [4.69, 9.17) is 4.74 Å². The summed E-state index contributed by atoms with van der Waals surface area (Å²) in [5, 5.41) is 2.76. The van der Waals surface area contributed by atoms with Crippen molar-refractivity contribution in [3.05, 3.63) is 29.8 Å². The van der Waals surface area contributed by atoms with Crippen molar-refractivity contribution in [2.24, 2.45) is 0 Å². The monoisotopic (exact) mass is 235 g/mol. The molecular weight excluding hydrogens is 224 g/mol. The maximum atomic E-state index is 12.7. The normalized spacial score (nSPS) is 19.8. The number of ether oxygens (including phenoxy) is 1. The van der Waals surface area contributed by atoms with Crippen molar-refractivity contribution in [3.63, 3.8) is 0 Å². The molecule has 1 heterocycles. The Balaban J connectivity index is 0.00000112. The number of hydrogen-bond donors (Lipinski definition) is 1. The molecule has 0 bridgehead atoms. The van der Waals surface area contributed by atoms with Crippen LogP contribution in [-0.2, 0) is 0 Å². The standard InChI is InChI=1S/C10H11F2NO.ClH/c11-10(12)9-7-3-1-2-4-8(7)14-6-5-13-9;/h1-4,9-10,13H,5-6H2;1H. The zero-order chi connectivity index (χ0) is 9.97. The molecule has 0 amide bonds. The molecule has 0 aliphatic carbocycles. The second kappa shape index (κ2) is 5.28.